The summed E-state index contributed by atoms with van der Waals surface area (Å²) in [7, 11) is 1.51. The van der Waals surface area contributed by atoms with E-state index in [1.54, 1.807) is 12.3 Å². The van der Waals surface area contributed by atoms with Gasteiger partial charge >= 0.3 is 6.09 Å². The fourth-order valence-electron chi connectivity index (χ4n) is 4.58. The second kappa shape index (κ2) is 8.29. The molecule has 0 spiro atoms. The van der Waals surface area contributed by atoms with E-state index in [0.29, 0.717) is 0 Å². The van der Waals surface area contributed by atoms with E-state index >= 15 is 0 Å². The number of amides is 1. The molecule has 2 atom stereocenters. The van der Waals surface area contributed by atoms with Crippen LogP contribution in [0.2, 0.25) is 0 Å². The predicted molar refractivity (Wildman–Crippen MR) is 124 cm³/mol. The maximum atomic E-state index is 12.8. The zero-order chi connectivity index (χ0) is 23.0. The van der Waals surface area contributed by atoms with Gasteiger partial charge in [0, 0.05) is 48.9 Å². The summed E-state index contributed by atoms with van der Waals surface area (Å²) in [6, 6.07) is 4.33. The van der Waals surface area contributed by atoms with Crippen LogP contribution in [0.15, 0.2) is 42.7 Å². The molecule has 9 heteroatoms. The van der Waals surface area contributed by atoms with Crippen LogP contribution in [-0.2, 0) is 9.47 Å². The number of nitrogens with zero attached hydrogens (tertiary/aromatic N) is 4. The molecule has 4 heterocycles. The van der Waals surface area contributed by atoms with Crippen LogP contribution in [0.25, 0.3) is 11.1 Å². The number of hydrogen-bond acceptors (Lipinski definition) is 7. The summed E-state index contributed by atoms with van der Waals surface area (Å²) in [4.78, 5) is 17.1. The third kappa shape index (κ3) is 4.19. The number of ether oxygens (including phenoxy) is 2. The van der Waals surface area contributed by atoms with E-state index in [9.17, 15) is 4.79 Å². The van der Waals surface area contributed by atoms with Gasteiger partial charge in [-0.1, -0.05) is 0 Å². The molecule has 0 saturated carbocycles. The van der Waals surface area contributed by atoms with E-state index in [2.05, 4.69) is 10.00 Å². The first-order valence-corrected chi connectivity index (χ1v) is 10.9. The van der Waals surface area contributed by atoms with Crippen LogP contribution in [0.5, 0.6) is 0 Å². The fourth-order valence-corrected chi connectivity index (χ4v) is 4.58. The molecule has 2 saturated heterocycles. The molecule has 4 rings (SSSR count). The number of carbonyl (C=O) groups excluding carboxylic acids is 1. The maximum absolute atomic E-state index is 12.8. The van der Waals surface area contributed by atoms with Crippen molar-refractivity contribution in [3.8, 4) is 0 Å². The molecule has 2 aliphatic rings. The van der Waals surface area contributed by atoms with Crippen molar-refractivity contribution in [2.45, 2.75) is 51.3 Å². The van der Waals surface area contributed by atoms with Crippen LogP contribution in [-0.4, -0.2) is 58.5 Å². The number of carbonyl (C=O) groups is 1. The van der Waals surface area contributed by atoms with Gasteiger partial charge < -0.3 is 25.8 Å². The minimum atomic E-state index is -0.498. The van der Waals surface area contributed by atoms with Gasteiger partial charge in [0.2, 0.25) is 0 Å². The molecule has 0 aliphatic carbocycles. The Morgan fingerprint density at radius 1 is 1.25 bits per heavy atom. The number of rotatable bonds is 4. The van der Waals surface area contributed by atoms with E-state index in [1.165, 1.54) is 13.3 Å². The number of fused-ring (bicyclic) bond motifs is 3. The summed E-state index contributed by atoms with van der Waals surface area (Å²) in [5.41, 5.74) is 14.8. The van der Waals surface area contributed by atoms with Crippen LogP contribution in [0, 0.1) is 0 Å². The highest BCUT2D eigenvalue weighted by molar-refractivity contribution is 5.82. The third-order valence-electron chi connectivity index (χ3n) is 5.96. The Morgan fingerprint density at radius 3 is 2.53 bits per heavy atom. The molecule has 1 amide bonds. The summed E-state index contributed by atoms with van der Waals surface area (Å²) >= 11 is 0. The molecular formula is C23H32N6O3. The molecule has 2 aromatic heterocycles. The largest absolute Gasteiger partial charge is 0.483 e. The molecular weight excluding hydrogens is 408 g/mol. The Hall–Kier alpha value is -3.36. The lowest BCUT2D eigenvalue weighted by molar-refractivity contribution is 0.0123. The van der Waals surface area contributed by atoms with Gasteiger partial charge in [-0.3, -0.25) is 4.90 Å². The molecule has 2 fully saturated rings. The number of nitrogens with two attached hydrogens (primary N) is 2. The van der Waals surface area contributed by atoms with E-state index in [0.717, 1.165) is 48.3 Å². The number of piperazine rings is 1. The lowest BCUT2D eigenvalue weighted by Crippen LogP contribution is -2.56. The maximum Gasteiger partial charge on any atom is 0.410 e. The topological polar surface area (TPSA) is 111 Å². The quantitative estimate of drug-likeness (QED) is 0.555. The first-order valence-electron chi connectivity index (χ1n) is 10.9. The fraction of sp³-hybridized carbons (Fsp3) is 0.478. The molecule has 0 aromatic carbocycles. The minimum Gasteiger partial charge on any atom is -0.483 e. The molecule has 32 heavy (non-hydrogen) atoms. The highest BCUT2D eigenvalue weighted by Crippen LogP contribution is 2.36. The lowest BCUT2D eigenvalue weighted by atomic mass is 10.1. The van der Waals surface area contributed by atoms with Crippen LogP contribution in [0.1, 0.15) is 39.2 Å². The standard InChI is InChI=1S/C23H32N6O3/c1-23(2,3)32-22(30)29-17-5-6-18(29)14-27(13-17)19-7-8-26-28-12-16(9-20(19)28)15(11-24)10-21(25)31-4/h7-12,17-18H,5-6,13-14,24-25H2,1-4H3/b15-11+,21-10+/t17-,18?/m1/s1. The van der Waals surface area contributed by atoms with Gasteiger partial charge in [0.15, 0.2) is 5.88 Å². The average Bonchev–Trinajstić information content (AvgIpc) is 3.28. The number of anilines is 1. The van der Waals surface area contributed by atoms with Crippen molar-refractivity contribution in [2.24, 2.45) is 11.5 Å². The second-order valence-corrected chi connectivity index (χ2v) is 9.33. The van der Waals surface area contributed by atoms with E-state index < -0.39 is 5.60 Å². The van der Waals surface area contributed by atoms with Gasteiger partial charge in [0.25, 0.3) is 0 Å². The Morgan fingerprint density at radius 2 is 1.94 bits per heavy atom. The van der Waals surface area contributed by atoms with Gasteiger partial charge in [-0.2, -0.15) is 5.10 Å². The van der Waals surface area contributed by atoms with Gasteiger partial charge in [0.05, 0.1) is 30.4 Å². The summed E-state index contributed by atoms with van der Waals surface area (Å²) in [6.45, 7) is 7.22. The van der Waals surface area contributed by atoms with Crippen molar-refractivity contribution in [1.82, 2.24) is 14.5 Å². The molecule has 2 aliphatic heterocycles. The van der Waals surface area contributed by atoms with E-state index in [4.69, 9.17) is 20.9 Å². The average molecular weight is 441 g/mol. The number of hydrogen-bond donors (Lipinski definition) is 2. The summed E-state index contributed by atoms with van der Waals surface area (Å²) in [5.74, 6) is 0.278. The third-order valence-corrected chi connectivity index (χ3v) is 5.96. The van der Waals surface area contributed by atoms with Gasteiger partial charge in [0.1, 0.15) is 5.60 Å². The van der Waals surface area contributed by atoms with Crippen LogP contribution >= 0.6 is 0 Å². The van der Waals surface area contributed by atoms with Crippen molar-refractivity contribution in [3.63, 3.8) is 0 Å². The van der Waals surface area contributed by atoms with Crippen molar-refractivity contribution in [3.05, 3.63) is 48.2 Å². The Bertz CT molecular complexity index is 1050. The van der Waals surface area contributed by atoms with Crippen molar-refractivity contribution >= 4 is 22.9 Å². The molecule has 2 aromatic rings. The normalized spacial score (nSPS) is 21.9. The van der Waals surface area contributed by atoms with Crippen LogP contribution in [0.4, 0.5) is 10.5 Å². The molecule has 172 valence electrons. The SMILES string of the molecule is CO/C(N)=C/C(=C\N)c1cc2c(N3CC4CC[C@H](C3)N4C(=O)OC(C)(C)C)ccnn2c1. The number of allylic oxidation sites excluding steroid dienone is 2. The monoisotopic (exact) mass is 440 g/mol. The lowest BCUT2D eigenvalue weighted by Gasteiger charge is -2.42. The highest BCUT2D eigenvalue weighted by Gasteiger charge is 2.44. The molecule has 0 radical (unpaired) electrons. The van der Waals surface area contributed by atoms with E-state index in [-0.39, 0.29) is 24.1 Å². The predicted octanol–water partition coefficient (Wildman–Crippen LogP) is 2.67. The van der Waals surface area contributed by atoms with Crippen molar-refractivity contribution in [2.75, 3.05) is 25.1 Å². The molecule has 9 nitrogen and oxygen atoms in total. The van der Waals surface area contributed by atoms with E-state index in [1.807, 2.05) is 48.5 Å². The first-order chi connectivity index (χ1) is 15.2. The second-order valence-electron chi connectivity index (χ2n) is 9.33. The molecule has 2 bridgehead atoms. The smallest absolute Gasteiger partial charge is 0.410 e. The summed E-state index contributed by atoms with van der Waals surface area (Å²) in [6.07, 6.45) is 8.65. The van der Waals surface area contributed by atoms with Gasteiger partial charge in [-0.05, 0) is 45.7 Å². The number of methoxy groups -OCH3 is 1. The minimum absolute atomic E-state index is 0.134. The number of aromatic nitrogens is 2. The summed E-state index contributed by atoms with van der Waals surface area (Å²) < 4.78 is 12.6. The Kier molecular flexibility index (Phi) is 5.66. The van der Waals surface area contributed by atoms with Crippen LogP contribution < -0.4 is 16.4 Å². The zero-order valence-electron chi connectivity index (χ0n) is 19.1. The summed E-state index contributed by atoms with van der Waals surface area (Å²) in [5, 5.41) is 4.46. The molecule has 1 unspecified atom stereocenters. The Labute approximate surface area is 188 Å². The zero-order valence-corrected chi connectivity index (χ0v) is 19.1. The molecule has 4 N–H and O–H groups in total. The van der Waals surface area contributed by atoms with Crippen LogP contribution in [0.3, 0.4) is 0 Å². The Balaban J connectivity index is 1.60. The van der Waals surface area contributed by atoms with Gasteiger partial charge in [-0.15, -0.1) is 0 Å². The van der Waals surface area contributed by atoms with Gasteiger partial charge in [-0.25, -0.2) is 9.31 Å². The van der Waals surface area contributed by atoms with Crippen molar-refractivity contribution in [1.29, 1.82) is 0 Å². The first kappa shape index (κ1) is 21.9. The van der Waals surface area contributed by atoms with Crippen molar-refractivity contribution < 1.29 is 14.3 Å². The highest BCUT2D eigenvalue weighted by atomic mass is 16.6.